The van der Waals surface area contributed by atoms with Crippen LogP contribution in [0.4, 0.5) is 13.2 Å². The second kappa shape index (κ2) is 6.60. The van der Waals surface area contributed by atoms with Crippen molar-refractivity contribution in [3.05, 3.63) is 22.4 Å². The van der Waals surface area contributed by atoms with Gasteiger partial charge < -0.3 is 15.7 Å². The number of oxime groups is 1. The first-order chi connectivity index (χ1) is 8.45. The fraction of sp³-hybridized carbons (Fsp3) is 0.500. The first-order valence-electron chi connectivity index (χ1n) is 5.09. The van der Waals surface area contributed by atoms with Gasteiger partial charge in [0.1, 0.15) is 5.92 Å². The van der Waals surface area contributed by atoms with Gasteiger partial charge in [0.2, 0.25) is 0 Å². The maximum atomic E-state index is 12.5. The van der Waals surface area contributed by atoms with Crippen molar-refractivity contribution in [2.75, 3.05) is 13.2 Å². The topological polar surface area (TPSA) is 67.8 Å². The molecular formula is C10H13F3N2O2S. The Labute approximate surface area is 106 Å². The van der Waals surface area contributed by atoms with E-state index >= 15 is 0 Å². The summed E-state index contributed by atoms with van der Waals surface area (Å²) in [6, 6.07) is 3.73. The quantitative estimate of drug-likeness (QED) is 0.276. The Bertz CT molecular complexity index is 379. The van der Waals surface area contributed by atoms with Crippen molar-refractivity contribution in [1.29, 1.82) is 0 Å². The molecule has 0 fully saturated rings. The Morgan fingerprint density at radius 1 is 1.56 bits per heavy atom. The highest BCUT2D eigenvalue weighted by atomic mass is 32.1. The number of hydrogen-bond acceptors (Lipinski definition) is 4. The number of thiophene rings is 1. The summed E-state index contributed by atoms with van der Waals surface area (Å²) in [5.41, 5.74) is 4.98. The van der Waals surface area contributed by atoms with Crippen molar-refractivity contribution in [3.8, 4) is 0 Å². The Balaban J connectivity index is 2.39. The zero-order valence-electron chi connectivity index (χ0n) is 9.35. The molecule has 1 aromatic rings. The Morgan fingerprint density at radius 3 is 2.78 bits per heavy atom. The Hall–Kier alpha value is -1.28. The molecule has 3 N–H and O–H groups in total. The van der Waals surface area contributed by atoms with E-state index < -0.39 is 24.5 Å². The van der Waals surface area contributed by atoms with Crippen LogP contribution >= 0.6 is 11.3 Å². The molecule has 0 amide bonds. The molecule has 4 nitrogen and oxygen atoms in total. The standard InChI is InChI=1S/C10H13F3N2O2S/c11-10(12,13)8(9(14)15-16)6-17-4-3-7-2-1-5-18-7/h1-2,5,8,16H,3-4,6H2,(H2,14,15). The molecule has 8 heteroatoms. The van der Waals surface area contributed by atoms with Gasteiger partial charge in [0.05, 0.1) is 13.2 Å². The summed E-state index contributed by atoms with van der Waals surface area (Å²) in [5, 5.41) is 12.5. The van der Waals surface area contributed by atoms with E-state index in [9.17, 15) is 13.2 Å². The fourth-order valence-electron chi connectivity index (χ4n) is 1.25. The zero-order valence-corrected chi connectivity index (χ0v) is 10.2. The average molecular weight is 282 g/mol. The molecule has 1 aromatic heterocycles. The van der Waals surface area contributed by atoms with Crippen molar-refractivity contribution in [1.82, 2.24) is 0 Å². The number of ether oxygens (including phenoxy) is 1. The smallest absolute Gasteiger partial charge is 0.401 e. The Kier molecular flexibility index (Phi) is 5.42. The number of alkyl halides is 3. The maximum absolute atomic E-state index is 12.5. The largest absolute Gasteiger partial charge is 0.409 e. The fourth-order valence-corrected chi connectivity index (χ4v) is 1.94. The van der Waals surface area contributed by atoms with E-state index in [1.807, 2.05) is 17.5 Å². The van der Waals surface area contributed by atoms with E-state index in [4.69, 9.17) is 15.7 Å². The summed E-state index contributed by atoms with van der Waals surface area (Å²) in [7, 11) is 0. The van der Waals surface area contributed by atoms with Gasteiger partial charge in [-0.1, -0.05) is 11.2 Å². The van der Waals surface area contributed by atoms with Crippen molar-refractivity contribution in [3.63, 3.8) is 0 Å². The maximum Gasteiger partial charge on any atom is 0.401 e. The third kappa shape index (κ3) is 4.53. The van der Waals surface area contributed by atoms with Crippen LogP contribution in [0, 0.1) is 5.92 Å². The molecule has 0 bridgehead atoms. The van der Waals surface area contributed by atoms with E-state index in [0.717, 1.165) is 4.88 Å². The number of halogens is 3. The average Bonchev–Trinajstić information content (AvgIpc) is 2.79. The van der Waals surface area contributed by atoms with Crippen LogP contribution in [0.5, 0.6) is 0 Å². The molecule has 1 rings (SSSR count). The molecule has 102 valence electrons. The van der Waals surface area contributed by atoms with Gasteiger partial charge in [0.15, 0.2) is 5.84 Å². The summed E-state index contributed by atoms with van der Waals surface area (Å²) in [4.78, 5) is 1.03. The molecule has 0 aromatic carbocycles. The van der Waals surface area contributed by atoms with Crippen LogP contribution in [-0.2, 0) is 11.2 Å². The lowest BCUT2D eigenvalue weighted by Gasteiger charge is -2.18. The van der Waals surface area contributed by atoms with Crippen LogP contribution < -0.4 is 5.73 Å². The summed E-state index contributed by atoms with van der Waals surface area (Å²) in [5.74, 6) is -2.97. The second-order valence-corrected chi connectivity index (χ2v) is 4.56. The predicted molar refractivity (Wildman–Crippen MR) is 61.8 cm³/mol. The molecule has 18 heavy (non-hydrogen) atoms. The van der Waals surface area contributed by atoms with Gasteiger partial charge in [0, 0.05) is 11.3 Å². The van der Waals surface area contributed by atoms with Crippen LogP contribution in [0.15, 0.2) is 22.7 Å². The number of rotatable bonds is 6. The predicted octanol–water partition coefficient (Wildman–Crippen LogP) is 2.23. The van der Waals surface area contributed by atoms with Gasteiger partial charge in [-0.15, -0.1) is 11.3 Å². The van der Waals surface area contributed by atoms with Crippen LogP contribution in [0.25, 0.3) is 0 Å². The van der Waals surface area contributed by atoms with Crippen molar-refractivity contribution in [2.24, 2.45) is 16.8 Å². The number of hydrogen-bond donors (Lipinski definition) is 2. The minimum Gasteiger partial charge on any atom is -0.409 e. The number of nitrogens with zero attached hydrogens (tertiary/aromatic N) is 1. The lowest BCUT2D eigenvalue weighted by molar-refractivity contribution is -0.168. The highest BCUT2D eigenvalue weighted by Gasteiger charge is 2.43. The van der Waals surface area contributed by atoms with Gasteiger partial charge in [-0.2, -0.15) is 13.2 Å². The molecule has 0 saturated carbocycles. The Morgan fingerprint density at radius 2 is 2.28 bits per heavy atom. The van der Waals surface area contributed by atoms with Gasteiger partial charge in [-0.05, 0) is 11.4 Å². The van der Waals surface area contributed by atoms with E-state index in [0.29, 0.717) is 6.42 Å². The summed E-state index contributed by atoms with van der Waals surface area (Å²) in [6.45, 7) is -0.490. The number of nitrogens with two attached hydrogens (primary N) is 1. The summed E-state index contributed by atoms with van der Waals surface area (Å²) >= 11 is 1.51. The van der Waals surface area contributed by atoms with E-state index in [-0.39, 0.29) is 6.61 Å². The van der Waals surface area contributed by atoms with Crippen LogP contribution in [-0.4, -0.2) is 30.4 Å². The normalized spacial score (nSPS) is 14.7. The second-order valence-electron chi connectivity index (χ2n) is 3.52. The zero-order chi connectivity index (χ0) is 13.6. The van der Waals surface area contributed by atoms with Crippen LogP contribution in [0.2, 0.25) is 0 Å². The van der Waals surface area contributed by atoms with Crippen LogP contribution in [0.3, 0.4) is 0 Å². The van der Waals surface area contributed by atoms with Crippen molar-refractivity contribution >= 4 is 17.2 Å². The summed E-state index contributed by atoms with van der Waals surface area (Å²) in [6.07, 6.45) is -4.04. The van der Waals surface area contributed by atoms with Crippen LogP contribution in [0.1, 0.15) is 4.88 Å². The lowest BCUT2D eigenvalue weighted by atomic mass is 10.1. The molecule has 1 heterocycles. The van der Waals surface area contributed by atoms with E-state index in [2.05, 4.69) is 5.16 Å². The van der Waals surface area contributed by atoms with Gasteiger partial charge in [0.25, 0.3) is 0 Å². The molecule has 0 aliphatic rings. The first kappa shape index (κ1) is 14.8. The number of amidine groups is 1. The highest BCUT2D eigenvalue weighted by Crippen LogP contribution is 2.26. The van der Waals surface area contributed by atoms with Gasteiger partial charge >= 0.3 is 6.18 Å². The third-order valence-electron chi connectivity index (χ3n) is 2.23. The molecule has 0 aliphatic carbocycles. The van der Waals surface area contributed by atoms with E-state index in [1.54, 1.807) is 0 Å². The summed E-state index contributed by atoms with van der Waals surface area (Å²) < 4.78 is 42.5. The SMILES string of the molecule is N/C(=N/O)C(COCCc1cccs1)C(F)(F)F. The van der Waals surface area contributed by atoms with E-state index in [1.165, 1.54) is 11.3 Å². The minimum atomic E-state index is -4.58. The minimum absolute atomic E-state index is 0.159. The molecule has 0 saturated heterocycles. The highest BCUT2D eigenvalue weighted by molar-refractivity contribution is 7.09. The first-order valence-corrected chi connectivity index (χ1v) is 5.97. The molecule has 0 aliphatic heterocycles. The van der Waals surface area contributed by atoms with Gasteiger partial charge in [-0.25, -0.2) is 0 Å². The lowest BCUT2D eigenvalue weighted by Crippen LogP contribution is -2.39. The molecule has 0 radical (unpaired) electrons. The monoisotopic (exact) mass is 282 g/mol. The van der Waals surface area contributed by atoms with Crippen molar-refractivity contribution < 1.29 is 23.1 Å². The molecule has 0 spiro atoms. The van der Waals surface area contributed by atoms with Crippen molar-refractivity contribution in [2.45, 2.75) is 12.6 Å². The molecule has 1 atom stereocenters. The molecular weight excluding hydrogens is 269 g/mol. The van der Waals surface area contributed by atoms with Gasteiger partial charge in [-0.3, -0.25) is 0 Å². The third-order valence-corrected chi connectivity index (χ3v) is 3.16. The molecule has 1 unspecified atom stereocenters.